The van der Waals surface area contributed by atoms with Crippen LogP contribution in [0.5, 0.6) is 0 Å². The Morgan fingerprint density at radius 3 is 2.14 bits per heavy atom. The lowest BCUT2D eigenvalue weighted by atomic mass is 9.78. The minimum absolute atomic E-state index is 0.0976. The average molecular weight is 378 g/mol. The molecule has 0 atom stereocenters. The quantitative estimate of drug-likeness (QED) is 0.433. The van der Waals surface area contributed by atoms with Crippen LogP contribution in [0.4, 0.5) is 4.39 Å². The summed E-state index contributed by atoms with van der Waals surface area (Å²) in [5, 5.41) is 8.86. The largest absolute Gasteiger partial charge is 0.206 e. The molecule has 1 aliphatic carbocycles. The summed E-state index contributed by atoms with van der Waals surface area (Å²) in [7, 11) is 0. The van der Waals surface area contributed by atoms with E-state index in [0.717, 1.165) is 29.4 Å². The molecule has 0 aromatic heterocycles. The van der Waals surface area contributed by atoms with Crippen molar-refractivity contribution in [1.29, 1.82) is 5.26 Å². The molecule has 0 amide bonds. The highest BCUT2D eigenvalue weighted by molar-refractivity contribution is 5.64. The molecule has 28 heavy (non-hydrogen) atoms. The van der Waals surface area contributed by atoms with E-state index in [-0.39, 0.29) is 5.56 Å². The van der Waals surface area contributed by atoms with Crippen LogP contribution in [0.1, 0.15) is 75.8 Å². The van der Waals surface area contributed by atoms with E-state index in [4.69, 9.17) is 5.26 Å². The molecule has 0 unspecified atom stereocenters. The van der Waals surface area contributed by atoms with E-state index in [1.807, 2.05) is 12.1 Å². The smallest absolute Gasteiger partial charge is 0.141 e. The Bertz CT molecular complexity index is 779. The summed E-state index contributed by atoms with van der Waals surface area (Å²) in [4.78, 5) is 0. The first-order valence-electron chi connectivity index (χ1n) is 11.0. The molecule has 1 aliphatic rings. The van der Waals surface area contributed by atoms with E-state index >= 15 is 0 Å². The van der Waals surface area contributed by atoms with Gasteiger partial charge in [-0.25, -0.2) is 4.39 Å². The minimum atomic E-state index is -0.450. The SMILES string of the molecule is CCCCCC1CCC(CCc2ccc(-c3ccc(C#N)c(F)c3)cc2)CC1. The molecule has 2 aromatic carbocycles. The van der Waals surface area contributed by atoms with Gasteiger partial charge in [0.1, 0.15) is 11.9 Å². The highest BCUT2D eigenvalue weighted by atomic mass is 19.1. The maximum Gasteiger partial charge on any atom is 0.141 e. The monoisotopic (exact) mass is 377 g/mol. The number of halogens is 1. The van der Waals surface area contributed by atoms with Gasteiger partial charge in [-0.05, 0) is 53.5 Å². The summed E-state index contributed by atoms with van der Waals surface area (Å²) in [5.41, 5.74) is 3.28. The van der Waals surface area contributed by atoms with Gasteiger partial charge in [-0.15, -0.1) is 0 Å². The van der Waals surface area contributed by atoms with E-state index in [2.05, 4.69) is 31.2 Å². The van der Waals surface area contributed by atoms with Crippen molar-refractivity contribution in [3.63, 3.8) is 0 Å². The van der Waals surface area contributed by atoms with Crippen LogP contribution in [0, 0.1) is 29.0 Å². The molecule has 0 heterocycles. The predicted octanol–water partition coefficient (Wildman–Crippen LogP) is 7.68. The van der Waals surface area contributed by atoms with Crippen LogP contribution in [0.3, 0.4) is 0 Å². The van der Waals surface area contributed by atoms with E-state index in [1.165, 1.54) is 69.4 Å². The van der Waals surface area contributed by atoms with Gasteiger partial charge in [0.05, 0.1) is 5.56 Å². The van der Waals surface area contributed by atoms with Crippen LogP contribution >= 0.6 is 0 Å². The third kappa shape index (κ3) is 5.68. The van der Waals surface area contributed by atoms with Gasteiger partial charge >= 0.3 is 0 Å². The van der Waals surface area contributed by atoms with Gasteiger partial charge in [0.25, 0.3) is 0 Å². The maximum atomic E-state index is 13.8. The number of nitrogens with zero attached hydrogens (tertiary/aromatic N) is 1. The van der Waals surface area contributed by atoms with Crippen LogP contribution in [0.15, 0.2) is 42.5 Å². The van der Waals surface area contributed by atoms with Crippen molar-refractivity contribution in [3.05, 3.63) is 59.4 Å². The minimum Gasteiger partial charge on any atom is -0.206 e. The number of nitriles is 1. The molecule has 1 fully saturated rings. The second-order valence-electron chi connectivity index (χ2n) is 8.42. The van der Waals surface area contributed by atoms with Gasteiger partial charge in [0, 0.05) is 0 Å². The zero-order valence-corrected chi connectivity index (χ0v) is 17.1. The molecule has 0 aliphatic heterocycles. The maximum absolute atomic E-state index is 13.8. The fourth-order valence-electron chi connectivity index (χ4n) is 4.51. The van der Waals surface area contributed by atoms with E-state index in [0.29, 0.717) is 0 Å². The van der Waals surface area contributed by atoms with E-state index in [9.17, 15) is 4.39 Å². The molecule has 0 bridgehead atoms. The summed E-state index contributed by atoms with van der Waals surface area (Å²) in [6.45, 7) is 2.28. The number of hydrogen-bond donors (Lipinski definition) is 0. The Hall–Kier alpha value is -2.14. The highest BCUT2D eigenvalue weighted by Gasteiger charge is 2.20. The molecule has 0 radical (unpaired) electrons. The second kappa shape index (κ2) is 10.4. The highest BCUT2D eigenvalue weighted by Crippen LogP contribution is 2.34. The summed E-state index contributed by atoms with van der Waals surface area (Å²) >= 11 is 0. The number of benzene rings is 2. The lowest BCUT2D eigenvalue weighted by Crippen LogP contribution is -2.15. The van der Waals surface area contributed by atoms with Crippen LogP contribution in [-0.4, -0.2) is 0 Å². The standard InChI is InChI=1S/C26H32FN/c1-2-3-4-5-20-6-8-21(9-7-20)10-11-22-12-14-23(15-13-22)24-16-17-25(19-28)26(27)18-24/h12-18,20-21H,2-11H2,1H3. The Morgan fingerprint density at radius 1 is 0.893 bits per heavy atom. The fraction of sp³-hybridized carbons (Fsp3) is 0.500. The Morgan fingerprint density at radius 2 is 1.54 bits per heavy atom. The first kappa shape index (κ1) is 20.6. The zero-order valence-electron chi connectivity index (χ0n) is 17.1. The van der Waals surface area contributed by atoms with E-state index in [1.54, 1.807) is 6.07 Å². The normalized spacial score (nSPS) is 19.3. The van der Waals surface area contributed by atoms with Gasteiger partial charge in [-0.3, -0.25) is 0 Å². The summed E-state index contributed by atoms with van der Waals surface area (Å²) in [5.74, 6) is 1.42. The molecule has 3 rings (SSSR count). The van der Waals surface area contributed by atoms with Crippen LogP contribution in [0.2, 0.25) is 0 Å². The summed E-state index contributed by atoms with van der Waals surface area (Å²) in [6.07, 6.45) is 13.7. The lowest BCUT2D eigenvalue weighted by molar-refractivity contribution is 0.249. The second-order valence-corrected chi connectivity index (χ2v) is 8.42. The van der Waals surface area contributed by atoms with Crippen molar-refractivity contribution in [2.75, 3.05) is 0 Å². The molecular formula is C26H32FN. The predicted molar refractivity (Wildman–Crippen MR) is 114 cm³/mol. The van der Waals surface area contributed by atoms with E-state index < -0.39 is 5.82 Å². The van der Waals surface area contributed by atoms with Crippen molar-refractivity contribution < 1.29 is 4.39 Å². The molecule has 2 heteroatoms. The van der Waals surface area contributed by atoms with Crippen molar-refractivity contribution in [3.8, 4) is 17.2 Å². The van der Waals surface area contributed by atoms with Crippen molar-refractivity contribution in [2.45, 2.75) is 71.1 Å². The topological polar surface area (TPSA) is 23.8 Å². The number of aryl methyl sites for hydroxylation is 1. The molecular weight excluding hydrogens is 345 g/mol. The number of unbranched alkanes of at least 4 members (excludes halogenated alkanes) is 2. The molecule has 1 saturated carbocycles. The summed E-state index contributed by atoms with van der Waals surface area (Å²) < 4.78 is 13.8. The van der Waals surface area contributed by atoms with Gasteiger partial charge in [0.15, 0.2) is 0 Å². The van der Waals surface area contributed by atoms with Crippen molar-refractivity contribution >= 4 is 0 Å². The Balaban J connectivity index is 1.46. The lowest BCUT2D eigenvalue weighted by Gasteiger charge is -2.28. The molecule has 148 valence electrons. The van der Waals surface area contributed by atoms with Crippen LogP contribution in [-0.2, 0) is 6.42 Å². The molecule has 0 N–H and O–H groups in total. The number of hydrogen-bond acceptors (Lipinski definition) is 1. The molecule has 0 spiro atoms. The van der Waals surface area contributed by atoms with Gasteiger partial charge in [0.2, 0.25) is 0 Å². The third-order valence-electron chi connectivity index (χ3n) is 6.40. The average Bonchev–Trinajstić information content (AvgIpc) is 2.74. The summed E-state index contributed by atoms with van der Waals surface area (Å²) in [6, 6.07) is 15.2. The third-order valence-corrected chi connectivity index (χ3v) is 6.40. The fourth-order valence-corrected chi connectivity index (χ4v) is 4.51. The zero-order chi connectivity index (χ0) is 19.8. The Labute approximate surface area is 169 Å². The van der Waals surface area contributed by atoms with Crippen LogP contribution < -0.4 is 0 Å². The van der Waals surface area contributed by atoms with Crippen LogP contribution in [0.25, 0.3) is 11.1 Å². The van der Waals surface area contributed by atoms with Gasteiger partial charge in [-0.1, -0.05) is 88.6 Å². The molecule has 2 aromatic rings. The van der Waals surface area contributed by atoms with Gasteiger partial charge < -0.3 is 0 Å². The van der Waals surface area contributed by atoms with Crippen molar-refractivity contribution in [2.24, 2.45) is 11.8 Å². The first-order chi connectivity index (χ1) is 13.7. The Kier molecular flexibility index (Phi) is 7.66. The number of rotatable bonds is 8. The molecule has 1 nitrogen and oxygen atoms in total. The van der Waals surface area contributed by atoms with Gasteiger partial charge in [-0.2, -0.15) is 5.26 Å². The first-order valence-corrected chi connectivity index (χ1v) is 11.0. The van der Waals surface area contributed by atoms with Crippen molar-refractivity contribution in [1.82, 2.24) is 0 Å². The molecule has 0 saturated heterocycles.